The van der Waals surface area contributed by atoms with Crippen LogP contribution in [0.5, 0.6) is 0 Å². The van der Waals surface area contributed by atoms with E-state index >= 15 is 0 Å². The molecule has 0 radical (unpaired) electrons. The Balaban J connectivity index is 5.88. The molecule has 0 aromatic carbocycles. The molecular formula is C16H33NO8P+. The van der Waals surface area contributed by atoms with Crippen molar-refractivity contribution in [3.05, 3.63) is 0 Å². The molecule has 9 nitrogen and oxygen atoms in total. The first kappa shape index (κ1) is 25.3. The summed E-state index contributed by atoms with van der Waals surface area (Å²) in [5, 5.41) is 18.1. The van der Waals surface area contributed by atoms with Crippen LogP contribution in [0.2, 0.25) is 0 Å². The number of carbonyl (C=O) groups is 2. The van der Waals surface area contributed by atoms with Gasteiger partial charge in [0, 0.05) is 12.8 Å². The molecule has 26 heavy (non-hydrogen) atoms. The Hall–Kier alpha value is -0.670. The van der Waals surface area contributed by atoms with Gasteiger partial charge >= 0.3 is 7.82 Å². The Kier molecular flexibility index (Phi) is 10.3. The van der Waals surface area contributed by atoms with Gasteiger partial charge in [0.1, 0.15) is 12.6 Å². The normalized spacial score (nSPS) is 16.2. The third kappa shape index (κ3) is 8.35. The number of aliphatic hydroxyl groups is 2. The number of likely N-dealkylation sites (N-methyl/N-ethyl adjacent to an activating group) is 1. The predicted molar refractivity (Wildman–Crippen MR) is 95.4 cm³/mol. The van der Waals surface area contributed by atoms with E-state index in [1.54, 1.807) is 35.0 Å². The summed E-state index contributed by atoms with van der Waals surface area (Å²) in [4.78, 5) is 35.6. The monoisotopic (exact) mass is 398 g/mol. The molecule has 0 saturated heterocycles. The number of ketones is 2. The Labute approximate surface area is 155 Å². The summed E-state index contributed by atoms with van der Waals surface area (Å²) in [5.74, 6) is -1.15. The highest BCUT2D eigenvalue weighted by Crippen LogP contribution is 2.49. The number of hydrogen-bond acceptors (Lipinski definition) is 7. The molecule has 0 aromatic rings. The maximum Gasteiger partial charge on any atom is 0.473 e. The second-order valence-corrected chi connectivity index (χ2v) is 8.69. The van der Waals surface area contributed by atoms with E-state index < -0.39 is 44.3 Å². The molecule has 0 aliphatic heterocycles. The molecule has 154 valence electrons. The molecule has 0 aromatic heterocycles. The van der Waals surface area contributed by atoms with Crippen molar-refractivity contribution in [2.75, 3.05) is 40.9 Å². The molecule has 0 fully saturated rings. The number of hydrogen-bond donors (Lipinski definition) is 3. The Bertz CT molecular complexity index is 499. The molecule has 0 bridgehead atoms. The molecule has 1 unspecified atom stereocenters. The molecule has 2 atom stereocenters. The number of quaternary nitrogens is 1. The van der Waals surface area contributed by atoms with Gasteiger partial charge in [-0.25, -0.2) is 4.57 Å². The zero-order valence-corrected chi connectivity index (χ0v) is 17.2. The van der Waals surface area contributed by atoms with Crippen molar-refractivity contribution in [3.8, 4) is 0 Å². The highest BCUT2D eigenvalue weighted by Gasteiger charge is 2.54. The Morgan fingerprint density at radius 3 is 1.92 bits per heavy atom. The van der Waals surface area contributed by atoms with E-state index in [9.17, 15) is 24.2 Å². The lowest BCUT2D eigenvalue weighted by Crippen LogP contribution is -2.59. The van der Waals surface area contributed by atoms with Gasteiger partial charge in [-0.15, -0.1) is 0 Å². The van der Waals surface area contributed by atoms with Gasteiger partial charge in [0.2, 0.25) is 5.60 Å². The van der Waals surface area contributed by atoms with Crippen molar-refractivity contribution in [2.24, 2.45) is 0 Å². The summed E-state index contributed by atoms with van der Waals surface area (Å²) in [6, 6.07) is 0. The van der Waals surface area contributed by atoms with E-state index in [-0.39, 0.29) is 23.9 Å². The highest BCUT2D eigenvalue weighted by atomic mass is 31.2. The van der Waals surface area contributed by atoms with Crippen LogP contribution in [0.1, 0.15) is 39.5 Å². The number of rotatable bonds is 14. The lowest BCUT2D eigenvalue weighted by Gasteiger charge is -2.37. The second-order valence-electron chi connectivity index (χ2n) is 7.31. The minimum atomic E-state index is -4.85. The van der Waals surface area contributed by atoms with Crippen LogP contribution in [0.4, 0.5) is 0 Å². The van der Waals surface area contributed by atoms with Crippen LogP contribution < -0.4 is 0 Å². The molecule has 0 heterocycles. The van der Waals surface area contributed by atoms with Crippen molar-refractivity contribution in [2.45, 2.75) is 51.2 Å². The number of carbonyl (C=O) groups excluding carboxylic acids is 2. The quantitative estimate of drug-likeness (QED) is 0.221. The average Bonchev–Trinajstić information content (AvgIpc) is 2.50. The van der Waals surface area contributed by atoms with Crippen molar-refractivity contribution >= 4 is 19.4 Å². The summed E-state index contributed by atoms with van der Waals surface area (Å²) in [6.45, 7) is 2.03. The number of Topliss-reactive ketones (excluding diaryl/α,β-unsaturated/α-hetero) is 2. The fraction of sp³-hybridized carbons (Fsp3) is 0.875. The maximum atomic E-state index is 12.8. The fourth-order valence-electron chi connectivity index (χ4n) is 2.44. The van der Waals surface area contributed by atoms with Gasteiger partial charge in [-0.1, -0.05) is 13.8 Å². The van der Waals surface area contributed by atoms with Crippen molar-refractivity contribution in [1.29, 1.82) is 0 Å². The average molecular weight is 398 g/mol. The van der Waals surface area contributed by atoms with Gasteiger partial charge in [0.25, 0.3) is 0 Å². The van der Waals surface area contributed by atoms with E-state index in [1.807, 2.05) is 0 Å². The summed E-state index contributed by atoms with van der Waals surface area (Å²) >= 11 is 0. The molecule has 10 heteroatoms. The maximum absolute atomic E-state index is 12.8. The van der Waals surface area contributed by atoms with Gasteiger partial charge < -0.3 is 19.6 Å². The molecule has 0 amide bonds. The summed E-state index contributed by atoms with van der Waals surface area (Å²) in [6.07, 6.45) is -0.478. The highest BCUT2D eigenvalue weighted by molar-refractivity contribution is 7.47. The van der Waals surface area contributed by atoms with Crippen LogP contribution in [0.25, 0.3) is 0 Å². The fourth-order valence-corrected chi connectivity index (χ4v) is 3.51. The summed E-state index contributed by atoms with van der Waals surface area (Å²) in [7, 11) is 0.349. The van der Waals surface area contributed by atoms with E-state index in [0.29, 0.717) is 12.8 Å². The first-order chi connectivity index (χ1) is 11.8. The standard InChI is InChI=1S/C16H32NO8P/c1-6-8-14(20)16(12-17(3,4)5,15(21)9-7-2)25-26(22,23)24-11-13(19)10-18/h13,18-19H,6-12H2,1-5H3/p+1/t13-/m1/s1. The lowest BCUT2D eigenvalue weighted by atomic mass is 9.87. The Morgan fingerprint density at radius 2 is 1.58 bits per heavy atom. The zero-order valence-electron chi connectivity index (χ0n) is 16.3. The van der Waals surface area contributed by atoms with E-state index in [0.717, 1.165) is 0 Å². The summed E-state index contributed by atoms with van der Waals surface area (Å²) < 4.78 is 22.4. The van der Waals surface area contributed by atoms with Gasteiger partial charge in [0.05, 0.1) is 34.4 Å². The van der Waals surface area contributed by atoms with Crippen molar-refractivity contribution in [3.63, 3.8) is 0 Å². The van der Waals surface area contributed by atoms with Crippen LogP contribution in [0, 0.1) is 0 Å². The lowest BCUT2D eigenvalue weighted by molar-refractivity contribution is -0.874. The predicted octanol–water partition coefficient (Wildman–Crippen LogP) is 0.657. The van der Waals surface area contributed by atoms with Crippen LogP contribution >= 0.6 is 7.82 Å². The van der Waals surface area contributed by atoms with Crippen LogP contribution in [0.3, 0.4) is 0 Å². The molecule has 0 aliphatic carbocycles. The number of aliphatic hydroxyl groups excluding tert-OH is 2. The van der Waals surface area contributed by atoms with E-state index in [4.69, 9.17) is 9.63 Å². The van der Waals surface area contributed by atoms with Crippen molar-refractivity contribution < 1.29 is 42.8 Å². The third-order valence-electron chi connectivity index (χ3n) is 3.46. The van der Waals surface area contributed by atoms with Crippen LogP contribution in [0.15, 0.2) is 0 Å². The van der Waals surface area contributed by atoms with E-state index in [2.05, 4.69) is 4.52 Å². The molecule has 0 saturated carbocycles. The smallest absolute Gasteiger partial charge is 0.394 e. The van der Waals surface area contributed by atoms with Crippen LogP contribution in [-0.4, -0.2) is 83.8 Å². The Morgan fingerprint density at radius 1 is 1.12 bits per heavy atom. The number of phosphoric acid groups is 1. The largest absolute Gasteiger partial charge is 0.473 e. The molecule has 0 spiro atoms. The van der Waals surface area contributed by atoms with E-state index in [1.165, 1.54) is 0 Å². The minimum absolute atomic E-state index is 0.00865. The number of nitrogens with zero attached hydrogens (tertiary/aromatic N) is 1. The first-order valence-corrected chi connectivity index (χ1v) is 10.2. The van der Waals surface area contributed by atoms with Gasteiger partial charge in [-0.05, 0) is 12.8 Å². The topological polar surface area (TPSA) is 130 Å². The number of phosphoric ester groups is 1. The minimum Gasteiger partial charge on any atom is -0.394 e. The SMILES string of the molecule is CCCC(=O)C(C[N+](C)(C)C)(OP(=O)(O)OC[C@H](O)CO)C(=O)CCC. The van der Waals surface area contributed by atoms with Gasteiger partial charge in [-0.3, -0.25) is 18.6 Å². The summed E-state index contributed by atoms with van der Waals surface area (Å²) in [5.41, 5.74) is -2.11. The molecular weight excluding hydrogens is 365 g/mol. The van der Waals surface area contributed by atoms with Gasteiger partial charge in [0.15, 0.2) is 11.6 Å². The first-order valence-electron chi connectivity index (χ1n) is 8.67. The van der Waals surface area contributed by atoms with Gasteiger partial charge in [-0.2, -0.15) is 0 Å². The molecule has 0 aliphatic rings. The second kappa shape index (κ2) is 10.6. The van der Waals surface area contributed by atoms with Crippen LogP contribution in [-0.2, 0) is 23.2 Å². The third-order valence-corrected chi connectivity index (χ3v) is 4.48. The van der Waals surface area contributed by atoms with Crippen molar-refractivity contribution in [1.82, 2.24) is 0 Å². The molecule has 3 N–H and O–H groups in total. The molecule has 0 rings (SSSR count). The zero-order chi connectivity index (χ0) is 20.6.